The first-order chi connectivity index (χ1) is 20.7. The zero-order chi connectivity index (χ0) is 29.0. The van der Waals surface area contributed by atoms with Crippen molar-refractivity contribution in [3.05, 3.63) is 180 Å². The number of alkyl halides is 1. The van der Waals surface area contributed by atoms with Crippen LogP contribution in [-0.2, 0) is 22.8 Å². The Morgan fingerprint density at radius 2 is 1.21 bits per heavy atom. The van der Waals surface area contributed by atoms with Crippen molar-refractivity contribution < 1.29 is 14.2 Å². The van der Waals surface area contributed by atoms with E-state index in [9.17, 15) is 0 Å². The molecule has 4 heteroatoms. The van der Waals surface area contributed by atoms with Crippen molar-refractivity contribution in [1.82, 2.24) is 0 Å². The zero-order valence-electron chi connectivity index (χ0n) is 23.6. The molecule has 0 aliphatic heterocycles. The summed E-state index contributed by atoms with van der Waals surface area (Å²) in [6.45, 7) is 6.19. The van der Waals surface area contributed by atoms with Crippen LogP contribution in [0.4, 0.5) is 0 Å². The van der Waals surface area contributed by atoms with E-state index in [1.165, 1.54) is 0 Å². The normalized spacial score (nSPS) is 13.1. The third kappa shape index (κ3) is 7.30. The Hall–Kier alpha value is -4.31. The number of rotatable bonds is 14. The van der Waals surface area contributed by atoms with Crippen molar-refractivity contribution >= 4 is 11.6 Å². The molecule has 5 rings (SSSR count). The van der Waals surface area contributed by atoms with E-state index in [0.29, 0.717) is 26.4 Å². The molecule has 0 spiro atoms. The summed E-state index contributed by atoms with van der Waals surface area (Å²) >= 11 is 7.75. The molecule has 5 aromatic rings. The van der Waals surface area contributed by atoms with Gasteiger partial charge in [-0.1, -0.05) is 121 Å². The molecule has 2 atom stereocenters. The molecule has 212 valence electrons. The highest BCUT2D eigenvalue weighted by atomic mass is 35.5. The fraction of sp³-hybridized carbons (Fsp3) is 0.158. The zero-order valence-corrected chi connectivity index (χ0v) is 24.3. The van der Waals surface area contributed by atoms with E-state index in [4.69, 9.17) is 25.8 Å². The summed E-state index contributed by atoms with van der Waals surface area (Å²) in [5, 5.41) is 0. The molecular weight excluding hydrogens is 540 g/mol. The van der Waals surface area contributed by atoms with Crippen molar-refractivity contribution in [3.63, 3.8) is 0 Å². The van der Waals surface area contributed by atoms with Crippen LogP contribution in [0.5, 0.6) is 11.5 Å². The molecule has 3 nitrogen and oxygen atoms in total. The van der Waals surface area contributed by atoms with Crippen LogP contribution in [-0.4, -0.2) is 13.2 Å². The Morgan fingerprint density at radius 3 is 1.86 bits per heavy atom. The number of allylic oxidation sites excluding steroid dienone is 1. The van der Waals surface area contributed by atoms with E-state index in [1.807, 2.05) is 103 Å². The number of ether oxygens (including phenoxy) is 3. The first-order valence-electron chi connectivity index (χ1n) is 14.2. The van der Waals surface area contributed by atoms with Gasteiger partial charge in [-0.3, -0.25) is 0 Å². The van der Waals surface area contributed by atoms with Crippen molar-refractivity contribution in [2.75, 3.05) is 13.2 Å². The molecule has 0 saturated carbocycles. The molecule has 0 bridgehead atoms. The van der Waals surface area contributed by atoms with Gasteiger partial charge >= 0.3 is 0 Å². The molecule has 42 heavy (non-hydrogen) atoms. The highest BCUT2D eigenvalue weighted by molar-refractivity contribution is 6.27. The molecular formula is C38H35ClO3. The van der Waals surface area contributed by atoms with Crippen molar-refractivity contribution in [2.45, 2.75) is 24.0 Å². The van der Waals surface area contributed by atoms with Crippen LogP contribution >= 0.6 is 11.6 Å². The first-order valence-corrected chi connectivity index (χ1v) is 14.5. The number of halogens is 1. The van der Waals surface area contributed by atoms with Gasteiger partial charge in [0.2, 0.25) is 0 Å². The third-order valence-corrected chi connectivity index (χ3v) is 7.88. The summed E-state index contributed by atoms with van der Waals surface area (Å²) in [4.78, 5) is -0.938. The maximum absolute atomic E-state index is 7.75. The van der Waals surface area contributed by atoms with E-state index in [2.05, 4.69) is 49.0 Å². The molecule has 0 aromatic heterocycles. The largest absolute Gasteiger partial charge is 0.491 e. The minimum Gasteiger partial charge on any atom is -0.491 e. The lowest BCUT2D eigenvalue weighted by atomic mass is 9.76. The lowest BCUT2D eigenvalue weighted by Gasteiger charge is -2.35. The summed E-state index contributed by atoms with van der Waals surface area (Å²) in [5.74, 6) is 1.31. The molecule has 0 radical (unpaired) electrons. The van der Waals surface area contributed by atoms with Crippen molar-refractivity contribution in [1.29, 1.82) is 0 Å². The van der Waals surface area contributed by atoms with Crippen molar-refractivity contribution in [3.8, 4) is 11.5 Å². The van der Waals surface area contributed by atoms with Crippen LogP contribution in [0, 0.1) is 0 Å². The maximum atomic E-state index is 7.75. The predicted molar refractivity (Wildman–Crippen MR) is 171 cm³/mol. The maximum Gasteiger partial charge on any atom is 0.120 e. The van der Waals surface area contributed by atoms with Gasteiger partial charge in [-0.15, -0.1) is 18.2 Å². The molecule has 2 unspecified atom stereocenters. The predicted octanol–water partition coefficient (Wildman–Crippen LogP) is 9.31. The Kier molecular flexibility index (Phi) is 10.1. The van der Waals surface area contributed by atoms with Gasteiger partial charge in [0, 0.05) is 5.92 Å². The smallest absolute Gasteiger partial charge is 0.120 e. The van der Waals surface area contributed by atoms with Crippen LogP contribution < -0.4 is 9.47 Å². The second kappa shape index (κ2) is 14.5. The Morgan fingerprint density at radius 1 is 0.595 bits per heavy atom. The Labute approximate surface area is 254 Å². The van der Waals surface area contributed by atoms with E-state index in [0.717, 1.165) is 39.3 Å². The van der Waals surface area contributed by atoms with Gasteiger partial charge in [-0.25, -0.2) is 0 Å². The molecule has 0 N–H and O–H groups in total. The lowest BCUT2D eigenvalue weighted by molar-refractivity contribution is 0.0889. The fourth-order valence-corrected chi connectivity index (χ4v) is 5.50. The van der Waals surface area contributed by atoms with Crippen LogP contribution in [0.25, 0.3) is 0 Å². The van der Waals surface area contributed by atoms with Gasteiger partial charge < -0.3 is 14.2 Å². The van der Waals surface area contributed by atoms with Crippen LogP contribution in [0.2, 0.25) is 0 Å². The van der Waals surface area contributed by atoms with Gasteiger partial charge in [-0.05, 0) is 52.1 Å². The van der Waals surface area contributed by atoms with Gasteiger partial charge in [0.25, 0.3) is 0 Å². The average molecular weight is 575 g/mol. The Bertz CT molecular complexity index is 1520. The Balaban J connectivity index is 1.35. The molecule has 0 heterocycles. The summed E-state index contributed by atoms with van der Waals surface area (Å²) in [6.07, 6.45) is 1.92. The minimum absolute atomic E-state index is 0.206. The summed E-state index contributed by atoms with van der Waals surface area (Å²) < 4.78 is 17.9. The fourth-order valence-electron chi connectivity index (χ4n) is 5.04. The van der Waals surface area contributed by atoms with Crippen LogP contribution in [0.1, 0.15) is 33.7 Å². The van der Waals surface area contributed by atoms with Crippen molar-refractivity contribution in [2.24, 2.45) is 0 Å². The van der Waals surface area contributed by atoms with E-state index >= 15 is 0 Å². The molecule has 0 aliphatic rings. The van der Waals surface area contributed by atoms with E-state index in [-0.39, 0.29) is 5.92 Å². The minimum atomic E-state index is -0.938. The highest BCUT2D eigenvalue weighted by Gasteiger charge is 2.40. The van der Waals surface area contributed by atoms with Gasteiger partial charge in [0.15, 0.2) is 0 Å². The molecule has 0 fully saturated rings. The SMILES string of the molecule is C=CC(c1ccccc1)C(Cl)(c1ccc(OCCOCc2ccccc2)cc1)c1cccc(OCc2ccccc2)c1. The number of hydrogen-bond donors (Lipinski definition) is 0. The molecule has 0 amide bonds. The second-order valence-corrected chi connectivity index (χ2v) is 10.6. The van der Waals surface area contributed by atoms with Gasteiger partial charge in [0.05, 0.1) is 13.2 Å². The quantitative estimate of drug-likeness (QED) is 0.0751. The van der Waals surface area contributed by atoms with E-state index in [1.54, 1.807) is 0 Å². The van der Waals surface area contributed by atoms with Crippen LogP contribution in [0.3, 0.4) is 0 Å². The molecule has 0 saturated heterocycles. The average Bonchev–Trinajstić information content (AvgIpc) is 3.06. The second-order valence-electron chi connectivity index (χ2n) is 10.0. The lowest BCUT2D eigenvalue weighted by Crippen LogP contribution is -2.28. The topological polar surface area (TPSA) is 27.7 Å². The monoisotopic (exact) mass is 574 g/mol. The molecule has 0 aliphatic carbocycles. The van der Waals surface area contributed by atoms with Crippen LogP contribution in [0.15, 0.2) is 152 Å². The number of benzene rings is 5. The standard InChI is InChI=1S/C38H35ClO3/c1-2-37(32-17-10-5-11-18-32)38(39,34-19-12-20-36(27-34)42-29-31-15-8-4-9-16-31)33-21-23-35(24-22-33)41-26-25-40-28-30-13-6-3-7-14-30/h2-24,27,37H,1,25-26,28-29H2. The first kappa shape index (κ1) is 29.2. The van der Waals surface area contributed by atoms with Gasteiger partial charge in [-0.2, -0.15) is 0 Å². The molecule has 5 aromatic carbocycles. The number of hydrogen-bond acceptors (Lipinski definition) is 3. The third-order valence-electron chi connectivity index (χ3n) is 7.21. The summed E-state index contributed by atoms with van der Waals surface area (Å²) in [7, 11) is 0. The van der Waals surface area contributed by atoms with Gasteiger partial charge in [0.1, 0.15) is 29.6 Å². The summed E-state index contributed by atoms with van der Waals surface area (Å²) in [5.41, 5.74) is 5.19. The highest BCUT2D eigenvalue weighted by Crippen LogP contribution is 2.49. The summed E-state index contributed by atoms with van der Waals surface area (Å²) in [6, 6.07) is 46.5. The van der Waals surface area contributed by atoms with E-state index < -0.39 is 4.87 Å².